The zero-order valence-electron chi connectivity index (χ0n) is 10.1. The van der Waals surface area contributed by atoms with Gasteiger partial charge in [0.25, 0.3) is 0 Å². The smallest absolute Gasteiger partial charge is 0.308 e. The minimum absolute atomic E-state index is 0.0653. The summed E-state index contributed by atoms with van der Waals surface area (Å²) in [5.41, 5.74) is 0. The lowest BCUT2D eigenvalue weighted by Crippen LogP contribution is -2.30. The largest absolute Gasteiger partial charge is 0.481 e. The highest BCUT2D eigenvalue weighted by Gasteiger charge is 2.37. The van der Waals surface area contributed by atoms with Gasteiger partial charge in [-0.1, -0.05) is 19.1 Å². The van der Waals surface area contributed by atoms with Crippen LogP contribution in [0, 0.1) is 17.8 Å². The molecule has 0 aromatic heterocycles. The maximum atomic E-state index is 12.0. The fraction of sp³-hybridized carbons (Fsp3) is 0.692. The normalized spacial score (nSPS) is 32.1. The van der Waals surface area contributed by atoms with E-state index in [9.17, 15) is 9.59 Å². The van der Waals surface area contributed by atoms with Crippen molar-refractivity contribution in [2.75, 3.05) is 13.1 Å². The molecular weight excluding hydrogens is 218 g/mol. The molecule has 1 heterocycles. The van der Waals surface area contributed by atoms with Crippen LogP contribution in [0.5, 0.6) is 0 Å². The van der Waals surface area contributed by atoms with E-state index in [0.29, 0.717) is 25.4 Å². The standard InChI is InChI=1S/C13H19NO3/c1-9-7-14(8-11(9)13(16)17)12(15)6-10-4-2-3-5-10/h2,4,9-11H,3,5-8H2,1H3,(H,16,17). The quantitative estimate of drug-likeness (QED) is 0.757. The van der Waals surface area contributed by atoms with E-state index in [-0.39, 0.29) is 11.8 Å². The van der Waals surface area contributed by atoms with Gasteiger partial charge in [-0.05, 0) is 24.7 Å². The molecule has 1 N–H and O–H groups in total. The summed E-state index contributed by atoms with van der Waals surface area (Å²) in [6.07, 6.45) is 6.87. The highest BCUT2D eigenvalue weighted by Crippen LogP contribution is 2.26. The van der Waals surface area contributed by atoms with Gasteiger partial charge in [-0.25, -0.2) is 0 Å². The molecule has 1 aliphatic heterocycles. The minimum atomic E-state index is -0.784. The molecule has 0 aromatic carbocycles. The molecule has 0 aromatic rings. The number of nitrogens with zero attached hydrogens (tertiary/aromatic N) is 1. The molecule has 94 valence electrons. The summed E-state index contributed by atoms with van der Waals surface area (Å²) in [4.78, 5) is 24.7. The topological polar surface area (TPSA) is 57.6 Å². The van der Waals surface area contributed by atoms with Crippen molar-refractivity contribution in [3.8, 4) is 0 Å². The summed E-state index contributed by atoms with van der Waals surface area (Å²) >= 11 is 0. The van der Waals surface area contributed by atoms with Gasteiger partial charge >= 0.3 is 5.97 Å². The number of carbonyl (C=O) groups is 2. The number of carbonyl (C=O) groups excluding carboxylic acids is 1. The van der Waals surface area contributed by atoms with E-state index in [2.05, 4.69) is 12.2 Å². The molecule has 1 aliphatic carbocycles. The van der Waals surface area contributed by atoms with Crippen LogP contribution in [0.2, 0.25) is 0 Å². The van der Waals surface area contributed by atoms with Crippen LogP contribution in [0.25, 0.3) is 0 Å². The van der Waals surface area contributed by atoms with Crippen LogP contribution in [0.1, 0.15) is 26.2 Å². The summed E-state index contributed by atoms with van der Waals surface area (Å²) in [5.74, 6) is -0.638. The fourth-order valence-corrected chi connectivity index (χ4v) is 2.71. The summed E-state index contributed by atoms with van der Waals surface area (Å²) in [6.45, 7) is 2.87. The Labute approximate surface area is 101 Å². The second-order valence-corrected chi connectivity index (χ2v) is 5.19. The molecule has 3 unspecified atom stereocenters. The van der Waals surface area contributed by atoms with E-state index in [0.717, 1.165) is 12.8 Å². The molecule has 4 heteroatoms. The maximum absolute atomic E-state index is 12.0. The van der Waals surface area contributed by atoms with Crippen molar-refractivity contribution in [3.05, 3.63) is 12.2 Å². The first-order chi connectivity index (χ1) is 8.08. The first kappa shape index (κ1) is 12.1. The van der Waals surface area contributed by atoms with Crippen LogP contribution in [0.4, 0.5) is 0 Å². The van der Waals surface area contributed by atoms with E-state index < -0.39 is 11.9 Å². The van der Waals surface area contributed by atoms with Gasteiger partial charge in [0.15, 0.2) is 0 Å². The molecule has 0 radical (unpaired) electrons. The summed E-state index contributed by atoms with van der Waals surface area (Å²) in [7, 11) is 0. The molecule has 17 heavy (non-hydrogen) atoms. The third-order valence-corrected chi connectivity index (χ3v) is 3.83. The van der Waals surface area contributed by atoms with Crippen molar-refractivity contribution in [2.24, 2.45) is 17.8 Å². The number of carboxylic acids is 1. The third-order valence-electron chi connectivity index (χ3n) is 3.83. The zero-order chi connectivity index (χ0) is 12.4. The molecule has 1 saturated heterocycles. The van der Waals surface area contributed by atoms with Crippen LogP contribution in [-0.2, 0) is 9.59 Å². The third kappa shape index (κ3) is 2.68. The van der Waals surface area contributed by atoms with Gasteiger partial charge < -0.3 is 10.0 Å². The summed E-state index contributed by atoms with van der Waals surface area (Å²) < 4.78 is 0. The van der Waals surface area contributed by atoms with E-state index in [1.807, 2.05) is 6.92 Å². The number of allylic oxidation sites excluding steroid dienone is 2. The van der Waals surface area contributed by atoms with Crippen molar-refractivity contribution in [3.63, 3.8) is 0 Å². The van der Waals surface area contributed by atoms with Crippen LogP contribution >= 0.6 is 0 Å². The average Bonchev–Trinajstić information content (AvgIpc) is 2.86. The number of amides is 1. The Bertz CT molecular complexity index is 351. The predicted molar refractivity (Wildman–Crippen MR) is 63.4 cm³/mol. The molecule has 0 bridgehead atoms. The molecular formula is C13H19NO3. The Hall–Kier alpha value is -1.32. The molecule has 4 nitrogen and oxygen atoms in total. The zero-order valence-corrected chi connectivity index (χ0v) is 10.1. The van der Waals surface area contributed by atoms with Gasteiger partial charge in [0, 0.05) is 19.5 Å². The second kappa shape index (κ2) is 4.90. The Kier molecular flexibility index (Phi) is 3.50. The fourth-order valence-electron chi connectivity index (χ4n) is 2.71. The van der Waals surface area contributed by atoms with Crippen molar-refractivity contribution < 1.29 is 14.7 Å². The predicted octanol–water partition coefficient (Wildman–Crippen LogP) is 1.52. The van der Waals surface area contributed by atoms with Crippen LogP contribution in [0.15, 0.2) is 12.2 Å². The van der Waals surface area contributed by atoms with Gasteiger partial charge in [0.05, 0.1) is 5.92 Å². The van der Waals surface area contributed by atoms with Crippen molar-refractivity contribution in [1.29, 1.82) is 0 Å². The number of likely N-dealkylation sites (tertiary alicyclic amines) is 1. The van der Waals surface area contributed by atoms with Gasteiger partial charge in [0.1, 0.15) is 0 Å². The molecule has 3 atom stereocenters. The Balaban J connectivity index is 1.88. The van der Waals surface area contributed by atoms with Gasteiger partial charge in [-0.15, -0.1) is 0 Å². The van der Waals surface area contributed by atoms with Gasteiger partial charge in [-0.2, -0.15) is 0 Å². The van der Waals surface area contributed by atoms with Crippen LogP contribution in [0.3, 0.4) is 0 Å². The van der Waals surface area contributed by atoms with E-state index in [4.69, 9.17) is 5.11 Å². The van der Waals surface area contributed by atoms with Crippen molar-refractivity contribution in [2.45, 2.75) is 26.2 Å². The molecule has 1 fully saturated rings. The number of rotatable bonds is 3. The number of hydrogen-bond donors (Lipinski definition) is 1. The lowest BCUT2D eigenvalue weighted by atomic mass is 9.99. The lowest BCUT2D eigenvalue weighted by molar-refractivity contribution is -0.142. The van der Waals surface area contributed by atoms with E-state index in [1.54, 1.807) is 4.90 Å². The Morgan fingerprint density at radius 1 is 1.41 bits per heavy atom. The van der Waals surface area contributed by atoms with Gasteiger partial charge in [0.2, 0.25) is 5.91 Å². The number of carboxylic acid groups (broad SMARTS) is 1. The molecule has 2 aliphatic rings. The Morgan fingerprint density at radius 3 is 2.71 bits per heavy atom. The maximum Gasteiger partial charge on any atom is 0.308 e. The Morgan fingerprint density at radius 2 is 2.18 bits per heavy atom. The van der Waals surface area contributed by atoms with Gasteiger partial charge in [-0.3, -0.25) is 9.59 Å². The monoisotopic (exact) mass is 237 g/mol. The molecule has 1 amide bonds. The highest BCUT2D eigenvalue weighted by molar-refractivity contribution is 5.79. The highest BCUT2D eigenvalue weighted by atomic mass is 16.4. The van der Waals surface area contributed by atoms with E-state index >= 15 is 0 Å². The van der Waals surface area contributed by atoms with Crippen LogP contribution < -0.4 is 0 Å². The van der Waals surface area contributed by atoms with E-state index in [1.165, 1.54) is 0 Å². The second-order valence-electron chi connectivity index (χ2n) is 5.19. The first-order valence-corrected chi connectivity index (χ1v) is 6.25. The summed E-state index contributed by atoms with van der Waals surface area (Å²) in [6, 6.07) is 0. The van der Waals surface area contributed by atoms with Crippen molar-refractivity contribution >= 4 is 11.9 Å². The summed E-state index contributed by atoms with van der Waals surface area (Å²) in [5, 5.41) is 9.02. The average molecular weight is 237 g/mol. The molecule has 0 spiro atoms. The van der Waals surface area contributed by atoms with Crippen LogP contribution in [-0.4, -0.2) is 35.0 Å². The molecule has 0 saturated carbocycles. The SMILES string of the molecule is CC1CN(C(=O)CC2C=CCC2)CC1C(=O)O. The number of hydrogen-bond acceptors (Lipinski definition) is 2. The molecule has 2 rings (SSSR count). The van der Waals surface area contributed by atoms with Crippen molar-refractivity contribution in [1.82, 2.24) is 4.90 Å². The first-order valence-electron chi connectivity index (χ1n) is 6.25. The number of aliphatic carboxylic acids is 1. The minimum Gasteiger partial charge on any atom is -0.481 e. The lowest BCUT2D eigenvalue weighted by Gasteiger charge is -2.17.